The van der Waals surface area contributed by atoms with Gasteiger partial charge in [0.1, 0.15) is 21.0 Å². The highest BCUT2D eigenvalue weighted by molar-refractivity contribution is 8.00. The Balaban J connectivity index is 0.000000208. The number of alkyl halides is 3. The van der Waals surface area contributed by atoms with E-state index in [9.17, 15) is 26.1 Å². The highest BCUT2D eigenvalue weighted by atomic mass is 32.2. The van der Waals surface area contributed by atoms with E-state index in [1.165, 1.54) is 39.8 Å². The average molecular weight is 437 g/mol. The lowest BCUT2D eigenvalue weighted by Gasteiger charge is -2.05. The van der Waals surface area contributed by atoms with Crippen LogP contribution in [0.2, 0.25) is 0 Å². The van der Waals surface area contributed by atoms with Crippen molar-refractivity contribution in [3.63, 3.8) is 0 Å². The van der Waals surface area contributed by atoms with E-state index in [1.807, 2.05) is 13.2 Å². The molecule has 11 heteroatoms. The van der Waals surface area contributed by atoms with Crippen molar-refractivity contribution in [2.75, 3.05) is 6.26 Å². The van der Waals surface area contributed by atoms with Crippen LogP contribution in [-0.4, -0.2) is 24.2 Å². The first kappa shape index (κ1) is 21.6. The number of pyridine rings is 1. The molecule has 27 heavy (non-hydrogen) atoms. The molecule has 3 aromatic rings. The summed E-state index contributed by atoms with van der Waals surface area (Å²) in [7, 11) is -2.70. The fraction of sp³-hybridized carbons (Fsp3) is 0.250. The fourth-order valence-corrected chi connectivity index (χ4v) is 4.08. The van der Waals surface area contributed by atoms with Gasteiger partial charge in [0.2, 0.25) is 0 Å². The Kier molecular flexibility index (Phi) is 6.51. The van der Waals surface area contributed by atoms with E-state index in [0.717, 1.165) is 22.2 Å². The molecule has 0 N–H and O–H groups in total. The van der Waals surface area contributed by atoms with Crippen molar-refractivity contribution in [1.29, 1.82) is 0 Å². The third-order valence-electron chi connectivity index (χ3n) is 3.38. The molecule has 0 atom stereocenters. The molecule has 0 radical (unpaired) electrons. The monoisotopic (exact) mass is 436 g/mol. The van der Waals surface area contributed by atoms with Gasteiger partial charge in [-0.15, -0.1) is 0 Å². The molecular formula is C16H15F3N2O3S3. The number of rotatable bonds is 2. The van der Waals surface area contributed by atoms with Crippen molar-refractivity contribution in [3.05, 3.63) is 47.7 Å². The van der Waals surface area contributed by atoms with Crippen LogP contribution in [0.3, 0.4) is 0 Å². The van der Waals surface area contributed by atoms with Gasteiger partial charge in [0.25, 0.3) is 4.34 Å². The zero-order valence-electron chi connectivity index (χ0n) is 14.4. The lowest BCUT2D eigenvalue weighted by atomic mass is 10.2. The number of fused-ring (bicyclic) bond motifs is 1. The summed E-state index contributed by atoms with van der Waals surface area (Å²) in [6.45, 7) is 1.82. The van der Waals surface area contributed by atoms with Crippen LogP contribution in [0.15, 0.2) is 45.8 Å². The molecule has 1 aromatic carbocycles. The zero-order chi connectivity index (χ0) is 20.4. The van der Waals surface area contributed by atoms with Crippen LogP contribution >= 0.6 is 23.1 Å². The van der Waals surface area contributed by atoms with Gasteiger partial charge in [-0.2, -0.15) is 13.2 Å². The molecule has 0 saturated heterocycles. The summed E-state index contributed by atoms with van der Waals surface area (Å²) >= 11 is 2.70. The second-order valence-electron chi connectivity index (χ2n) is 5.48. The smallest absolute Gasteiger partial charge is 0.419 e. The van der Waals surface area contributed by atoms with Crippen molar-refractivity contribution >= 4 is 43.6 Å². The fourth-order valence-electron chi connectivity index (χ4n) is 2.05. The SMILES string of the molecule is CSc1nc2c(cc(C(F)(F)F)c[n+]2C)s1.Cc1ccc(S(=O)(=O)[O-])cc1. The van der Waals surface area contributed by atoms with Gasteiger partial charge in [-0.1, -0.05) is 40.8 Å². The number of hydrogen-bond acceptors (Lipinski definition) is 6. The van der Waals surface area contributed by atoms with Gasteiger partial charge < -0.3 is 4.55 Å². The molecule has 2 aromatic heterocycles. The summed E-state index contributed by atoms with van der Waals surface area (Å²) in [4.78, 5) is 4.05. The van der Waals surface area contributed by atoms with Gasteiger partial charge in [-0.25, -0.2) is 13.0 Å². The van der Waals surface area contributed by atoms with Crippen molar-refractivity contribution in [1.82, 2.24) is 4.98 Å². The van der Waals surface area contributed by atoms with E-state index in [1.54, 1.807) is 19.2 Å². The van der Waals surface area contributed by atoms with Gasteiger partial charge in [0.05, 0.1) is 17.5 Å². The van der Waals surface area contributed by atoms with Gasteiger partial charge >= 0.3 is 11.8 Å². The Bertz CT molecular complexity index is 1050. The number of hydrogen-bond donors (Lipinski definition) is 0. The first-order valence-corrected chi connectivity index (χ1v) is 10.8. The molecule has 0 amide bonds. The summed E-state index contributed by atoms with van der Waals surface area (Å²) in [6.07, 6.45) is -1.40. The quantitative estimate of drug-likeness (QED) is 0.347. The van der Waals surface area contributed by atoms with E-state index >= 15 is 0 Å². The predicted molar refractivity (Wildman–Crippen MR) is 96.7 cm³/mol. The number of halogens is 3. The molecule has 2 heterocycles. The summed E-state index contributed by atoms with van der Waals surface area (Å²) in [6, 6.07) is 6.93. The minimum Gasteiger partial charge on any atom is -0.744 e. The molecule has 0 aliphatic rings. The number of thiazole rings is 1. The van der Waals surface area contributed by atoms with E-state index in [2.05, 4.69) is 4.98 Å². The molecule has 0 aliphatic heterocycles. The number of thioether (sulfide) groups is 1. The number of aryl methyl sites for hydroxylation is 2. The normalized spacial score (nSPS) is 12.0. The van der Waals surface area contributed by atoms with Crippen LogP contribution in [-0.2, 0) is 23.3 Å². The molecule has 0 unspecified atom stereocenters. The molecular weight excluding hydrogens is 421 g/mol. The zero-order valence-corrected chi connectivity index (χ0v) is 16.9. The maximum absolute atomic E-state index is 12.6. The Morgan fingerprint density at radius 3 is 2.30 bits per heavy atom. The molecule has 0 aliphatic carbocycles. The lowest BCUT2D eigenvalue weighted by molar-refractivity contribution is -0.647. The molecule has 0 fully saturated rings. The maximum atomic E-state index is 12.6. The van der Waals surface area contributed by atoms with Crippen molar-refractivity contribution in [2.24, 2.45) is 7.05 Å². The van der Waals surface area contributed by atoms with E-state index in [-0.39, 0.29) is 4.90 Å². The van der Waals surface area contributed by atoms with E-state index in [4.69, 9.17) is 0 Å². The Morgan fingerprint density at radius 2 is 1.81 bits per heavy atom. The van der Waals surface area contributed by atoms with Gasteiger partial charge in [-0.05, 0) is 36.4 Å². The predicted octanol–water partition coefficient (Wildman–Crippen LogP) is 3.76. The largest absolute Gasteiger partial charge is 0.744 e. The summed E-state index contributed by atoms with van der Waals surface area (Å²) in [5, 5.41) is 0. The summed E-state index contributed by atoms with van der Waals surface area (Å²) in [5.41, 5.74) is 0.874. The molecule has 146 valence electrons. The van der Waals surface area contributed by atoms with Crippen LogP contribution in [0.1, 0.15) is 11.1 Å². The van der Waals surface area contributed by atoms with Crippen LogP contribution in [0.5, 0.6) is 0 Å². The average Bonchev–Trinajstić information content (AvgIpc) is 2.98. The first-order valence-electron chi connectivity index (χ1n) is 7.36. The second kappa shape index (κ2) is 8.13. The lowest BCUT2D eigenvalue weighted by Crippen LogP contribution is -2.30. The summed E-state index contributed by atoms with van der Waals surface area (Å²) in [5.74, 6) is 0. The maximum Gasteiger partial charge on any atom is 0.419 e. The van der Waals surface area contributed by atoms with Crippen LogP contribution in [0.4, 0.5) is 13.2 Å². The topological polar surface area (TPSA) is 74.0 Å². The van der Waals surface area contributed by atoms with E-state index in [0.29, 0.717) is 10.3 Å². The number of aromatic nitrogens is 2. The standard InChI is InChI=1S/C9H8F3N2S2.C7H8O3S/c1-14-4-5(9(10,11)12)3-6-7(14)13-8(15-2)16-6;1-6-2-4-7(5-3-6)11(8,9)10/h3-4H,1-2H3;2-5H,1H3,(H,8,9,10)/q+1;/p-1. The van der Waals surface area contributed by atoms with Gasteiger partial charge in [0.15, 0.2) is 0 Å². The number of benzene rings is 1. The molecule has 0 saturated carbocycles. The third-order valence-corrected chi connectivity index (χ3v) is 6.21. The second-order valence-corrected chi connectivity index (χ2v) is 8.94. The van der Waals surface area contributed by atoms with Gasteiger partial charge in [0, 0.05) is 0 Å². The summed E-state index contributed by atoms with van der Waals surface area (Å²) < 4.78 is 71.6. The minimum atomic E-state index is -4.31. The third kappa shape index (κ3) is 5.64. The Labute approximate surface area is 162 Å². The number of nitrogens with zero attached hydrogens (tertiary/aromatic N) is 2. The molecule has 5 nitrogen and oxygen atoms in total. The van der Waals surface area contributed by atoms with Crippen molar-refractivity contribution in [3.8, 4) is 0 Å². The Morgan fingerprint density at radius 1 is 1.22 bits per heavy atom. The van der Waals surface area contributed by atoms with Crippen LogP contribution in [0.25, 0.3) is 10.3 Å². The molecule has 0 spiro atoms. The highest BCUT2D eigenvalue weighted by Crippen LogP contribution is 2.33. The first-order chi connectivity index (χ1) is 12.4. The molecule has 0 bridgehead atoms. The van der Waals surface area contributed by atoms with Crippen molar-refractivity contribution in [2.45, 2.75) is 22.3 Å². The van der Waals surface area contributed by atoms with E-state index < -0.39 is 21.9 Å². The molecule has 3 rings (SSSR count). The van der Waals surface area contributed by atoms with Crippen LogP contribution < -0.4 is 4.57 Å². The van der Waals surface area contributed by atoms with Gasteiger partial charge in [-0.3, -0.25) is 0 Å². The van der Waals surface area contributed by atoms with Crippen molar-refractivity contribution < 1.29 is 30.7 Å². The van der Waals surface area contributed by atoms with Crippen LogP contribution in [0, 0.1) is 6.92 Å². The highest BCUT2D eigenvalue weighted by Gasteiger charge is 2.33. The minimum absolute atomic E-state index is 0.178. The Hall–Kier alpha value is -1.69.